The van der Waals surface area contributed by atoms with Crippen LogP contribution >= 0.6 is 11.6 Å². The van der Waals surface area contributed by atoms with E-state index in [1.807, 2.05) is 26.0 Å². The molecule has 2 heterocycles. The molecule has 1 aromatic carbocycles. The quantitative estimate of drug-likeness (QED) is 0.910. The molecule has 0 unspecified atom stereocenters. The van der Waals surface area contributed by atoms with Gasteiger partial charge < -0.3 is 10.0 Å². The maximum Gasteiger partial charge on any atom is 0.331 e. The highest BCUT2D eigenvalue weighted by Crippen LogP contribution is 2.32. The number of amides is 1. The maximum absolute atomic E-state index is 13.0. The average Bonchev–Trinajstić information content (AvgIpc) is 2.60. The first kappa shape index (κ1) is 17.4. The Morgan fingerprint density at radius 1 is 1.32 bits per heavy atom. The number of carbonyl (C=O) groups is 2. The van der Waals surface area contributed by atoms with Gasteiger partial charge in [0.05, 0.1) is 11.2 Å². The molecule has 0 fully saturated rings. The third-order valence-corrected chi connectivity index (χ3v) is 4.54. The van der Waals surface area contributed by atoms with E-state index in [1.54, 1.807) is 12.1 Å². The molecule has 7 heteroatoms. The third kappa shape index (κ3) is 3.22. The van der Waals surface area contributed by atoms with Crippen LogP contribution in [0.25, 0.3) is 0 Å². The smallest absolute Gasteiger partial charge is 0.331 e. The van der Waals surface area contributed by atoms with Crippen LogP contribution in [0, 0.1) is 0 Å². The second kappa shape index (κ2) is 6.80. The fourth-order valence-electron chi connectivity index (χ4n) is 3.00. The number of carboxylic acid groups (broad SMARTS) is 1. The summed E-state index contributed by atoms with van der Waals surface area (Å²) in [5.41, 5.74) is 1.62. The van der Waals surface area contributed by atoms with E-state index in [2.05, 4.69) is 9.97 Å². The molecule has 1 amide bonds. The number of aliphatic carboxylic acids is 1. The largest absolute Gasteiger partial charge is 0.479 e. The summed E-state index contributed by atoms with van der Waals surface area (Å²) in [5.74, 6) is -1.04. The fraction of sp³-hybridized carbons (Fsp3) is 0.333. The van der Waals surface area contributed by atoms with Gasteiger partial charge in [0.2, 0.25) is 0 Å². The van der Waals surface area contributed by atoms with Crippen molar-refractivity contribution in [3.8, 4) is 0 Å². The summed E-state index contributed by atoms with van der Waals surface area (Å²) in [7, 11) is 0. The van der Waals surface area contributed by atoms with E-state index in [0.29, 0.717) is 24.4 Å². The predicted octanol–water partition coefficient (Wildman–Crippen LogP) is 3.08. The Balaban J connectivity index is 2.03. The van der Waals surface area contributed by atoms with Crippen LogP contribution in [0.5, 0.6) is 0 Å². The van der Waals surface area contributed by atoms with Gasteiger partial charge in [0.1, 0.15) is 5.82 Å². The summed E-state index contributed by atoms with van der Waals surface area (Å²) in [6.07, 6.45) is 1.98. The number of hydrogen-bond donors (Lipinski definition) is 1. The minimum Gasteiger partial charge on any atom is -0.479 e. The van der Waals surface area contributed by atoms with Crippen LogP contribution in [0.4, 0.5) is 0 Å². The molecule has 1 aromatic heterocycles. The van der Waals surface area contributed by atoms with Gasteiger partial charge in [-0.25, -0.2) is 14.8 Å². The summed E-state index contributed by atoms with van der Waals surface area (Å²) < 4.78 is 0. The van der Waals surface area contributed by atoms with E-state index >= 15 is 0 Å². The van der Waals surface area contributed by atoms with Crippen LogP contribution in [0.3, 0.4) is 0 Å². The monoisotopic (exact) mass is 359 g/mol. The standard InChI is InChI=1S/C18H18ClN3O3/c1-10(2)16-20-9-13(19)14(21-16)17(23)22-8-7-11-5-3-4-6-12(11)15(22)18(24)25/h3-6,9-10,15H,7-8H2,1-2H3,(H,24,25)/t15-/m1/s1. The Kier molecular flexibility index (Phi) is 4.72. The molecule has 1 aliphatic heterocycles. The molecule has 0 radical (unpaired) electrons. The Morgan fingerprint density at radius 3 is 2.72 bits per heavy atom. The first-order valence-electron chi connectivity index (χ1n) is 8.04. The summed E-state index contributed by atoms with van der Waals surface area (Å²) >= 11 is 6.12. The molecule has 1 N–H and O–H groups in total. The van der Waals surface area contributed by atoms with Crippen molar-refractivity contribution in [1.29, 1.82) is 0 Å². The lowest BCUT2D eigenvalue weighted by atomic mass is 9.92. The van der Waals surface area contributed by atoms with Crippen molar-refractivity contribution in [2.75, 3.05) is 6.54 Å². The molecule has 3 rings (SSSR count). The molecule has 0 saturated carbocycles. The van der Waals surface area contributed by atoms with Crippen molar-refractivity contribution in [2.24, 2.45) is 0 Å². The van der Waals surface area contributed by atoms with Gasteiger partial charge in [-0.05, 0) is 17.5 Å². The van der Waals surface area contributed by atoms with Crippen molar-refractivity contribution >= 4 is 23.5 Å². The number of carboxylic acids is 1. The molecule has 2 aromatic rings. The van der Waals surface area contributed by atoms with Gasteiger partial charge in [0, 0.05) is 12.5 Å². The van der Waals surface area contributed by atoms with E-state index < -0.39 is 17.9 Å². The van der Waals surface area contributed by atoms with Crippen LogP contribution < -0.4 is 0 Å². The number of rotatable bonds is 3. The molecule has 0 saturated heterocycles. The summed E-state index contributed by atoms with van der Waals surface area (Å²) in [5, 5.41) is 9.83. The van der Waals surface area contributed by atoms with E-state index in [1.165, 1.54) is 11.1 Å². The number of hydrogen-bond acceptors (Lipinski definition) is 4. The minimum absolute atomic E-state index is 0.0289. The van der Waals surface area contributed by atoms with Crippen molar-refractivity contribution in [1.82, 2.24) is 14.9 Å². The van der Waals surface area contributed by atoms with E-state index in [4.69, 9.17) is 11.6 Å². The summed E-state index contributed by atoms with van der Waals surface area (Å²) in [6, 6.07) is 6.23. The lowest BCUT2D eigenvalue weighted by Crippen LogP contribution is -2.44. The second-order valence-electron chi connectivity index (χ2n) is 6.27. The van der Waals surface area contributed by atoms with Crippen LogP contribution in [0.1, 0.15) is 53.2 Å². The Hall–Kier alpha value is -2.47. The van der Waals surface area contributed by atoms with Crippen molar-refractivity contribution < 1.29 is 14.7 Å². The molecule has 130 valence electrons. The van der Waals surface area contributed by atoms with Gasteiger partial charge in [-0.3, -0.25) is 4.79 Å². The van der Waals surface area contributed by atoms with Gasteiger partial charge in [0.25, 0.3) is 5.91 Å². The van der Waals surface area contributed by atoms with Gasteiger partial charge >= 0.3 is 5.97 Å². The van der Waals surface area contributed by atoms with Gasteiger partial charge in [-0.15, -0.1) is 0 Å². The van der Waals surface area contributed by atoms with Crippen LogP contribution in [-0.4, -0.2) is 38.4 Å². The first-order chi connectivity index (χ1) is 11.9. The molecular formula is C18H18ClN3O3. The van der Waals surface area contributed by atoms with Gasteiger partial charge in [-0.1, -0.05) is 49.7 Å². The Bertz CT molecular complexity index is 838. The second-order valence-corrected chi connectivity index (χ2v) is 6.67. The number of carbonyl (C=O) groups excluding carboxylic acids is 1. The molecule has 25 heavy (non-hydrogen) atoms. The molecule has 1 atom stereocenters. The zero-order chi connectivity index (χ0) is 18.1. The zero-order valence-corrected chi connectivity index (χ0v) is 14.7. The summed E-state index contributed by atoms with van der Waals surface area (Å²) in [6.45, 7) is 4.12. The molecule has 1 aliphatic rings. The number of fused-ring (bicyclic) bond motifs is 1. The fourth-order valence-corrected chi connectivity index (χ4v) is 3.17. The highest BCUT2D eigenvalue weighted by Gasteiger charge is 2.37. The maximum atomic E-state index is 13.0. The molecule has 0 aliphatic carbocycles. The van der Waals surface area contributed by atoms with Crippen LogP contribution in [0.15, 0.2) is 30.5 Å². The number of benzene rings is 1. The van der Waals surface area contributed by atoms with Gasteiger partial charge in [-0.2, -0.15) is 0 Å². The number of halogens is 1. The highest BCUT2D eigenvalue weighted by molar-refractivity contribution is 6.33. The highest BCUT2D eigenvalue weighted by atomic mass is 35.5. The molecular weight excluding hydrogens is 342 g/mol. The topological polar surface area (TPSA) is 83.4 Å². The molecule has 6 nitrogen and oxygen atoms in total. The van der Waals surface area contributed by atoms with Crippen molar-refractivity contribution in [3.05, 3.63) is 58.1 Å². The summed E-state index contributed by atoms with van der Waals surface area (Å²) in [4.78, 5) is 34.6. The van der Waals surface area contributed by atoms with Crippen LogP contribution in [0.2, 0.25) is 5.02 Å². The van der Waals surface area contributed by atoms with E-state index in [0.717, 1.165) is 5.56 Å². The van der Waals surface area contributed by atoms with Crippen molar-refractivity contribution in [2.45, 2.75) is 32.2 Å². The lowest BCUT2D eigenvalue weighted by molar-refractivity contribution is -0.143. The normalized spacial score (nSPS) is 16.6. The minimum atomic E-state index is -1.07. The number of nitrogens with zero attached hydrogens (tertiary/aromatic N) is 3. The SMILES string of the molecule is CC(C)c1ncc(Cl)c(C(=O)N2CCc3ccccc3[C@@H]2C(=O)O)n1. The molecule has 0 spiro atoms. The van der Waals surface area contributed by atoms with Crippen LogP contribution in [-0.2, 0) is 11.2 Å². The van der Waals surface area contributed by atoms with Gasteiger partial charge in [0.15, 0.2) is 11.7 Å². The Labute approximate surface area is 150 Å². The lowest BCUT2D eigenvalue weighted by Gasteiger charge is -2.34. The first-order valence-corrected chi connectivity index (χ1v) is 8.42. The molecule has 0 bridgehead atoms. The number of aromatic nitrogens is 2. The third-order valence-electron chi connectivity index (χ3n) is 4.26. The predicted molar refractivity (Wildman–Crippen MR) is 92.7 cm³/mol. The zero-order valence-electron chi connectivity index (χ0n) is 13.9. The Morgan fingerprint density at radius 2 is 2.04 bits per heavy atom. The van der Waals surface area contributed by atoms with Crippen molar-refractivity contribution in [3.63, 3.8) is 0 Å². The van der Waals surface area contributed by atoms with E-state index in [9.17, 15) is 14.7 Å². The van der Waals surface area contributed by atoms with E-state index in [-0.39, 0.29) is 16.6 Å². The average molecular weight is 360 g/mol.